The van der Waals surface area contributed by atoms with Crippen molar-refractivity contribution in [2.45, 2.75) is 38.9 Å². The number of aliphatic hydroxyl groups is 1. The molecule has 2 heterocycles. The highest BCUT2D eigenvalue weighted by atomic mass is 16.5. The molecule has 9 nitrogen and oxygen atoms in total. The molecule has 4 aromatic carbocycles. The first-order valence-electron chi connectivity index (χ1n) is 18.5. The number of carbonyl (C=O) groups excluding carboxylic acids is 1. The molecule has 54 heavy (non-hydrogen) atoms. The van der Waals surface area contributed by atoms with Gasteiger partial charge in [0.1, 0.15) is 0 Å². The molecule has 4 aromatic rings. The van der Waals surface area contributed by atoms with E-state index in [4.69, 9.17) is 33.2 Å². The number of hydrogen-bond donors (Lipinski definition) is 1. The summed E-state index contributed by atoms with van der Waals surface area (Å²) in [5.41, 5.74) is 5.15. The Bertz CT molecular complexity index is 1790. The first kappa shape index (κ1) is 40.4. The van der Waals surface area contributed by atoms with Gasteiger partial charge < -0.3 is 38.3 Å². The highest BCUT2D eigenvalue weighted by Crippen LogP contribution is 2.42. The van der Waals surface area contributed by atoms with Gasteiger partial charge in [-0.15, -0.1) is 0 Å². The van der Waals surface area contributed by atoms with Gasteiger partial charge in [-0.05, 0) is 85.0 Å². The summed E-state index contributed by atoms with van der Waals surface area (Å²) in [5.74, 6) is 3.25. The Morgan fingerprint density at radius 1 is 0.667 bits per heavy atom. The van der Waals surface area contributed by atoms with E-state index in [2.05, 4.69) is 24.3 Å². The SMILES string of the molecule is C/C=C(/C)C(=O)OC[C@H]1[C@@H](Cc2ccc(OC)c(OC)c2)CO[C@@H]1c1ccccc1.COc1ccc(C[C@H]2CO[C@H](c3ccccc3)[C@H]2CO)cc1OC. The van der Waals surface area contributed by atoms with E-state index in [9.17, 15) is 9.90 Å². The fourth-order valence-electron chi connectivity index (χ4n) is 7.33. The summed E-state index contributed by atoms with van der Waals surface area (Å²) in [7, 11) is 6.54. The molecule has 0 amide bonds. The van der Waals surface area contributed by atoms with Gasteiger partial charge in [-0.3, -0.25) is 0 Å². The van der Waals surface area contributed by atoms with Crippen LogP contribution in [0.1, 0.15) is 48.3 Å². The summed E-state index contributed by atoms with van der Waals surface area (Å²) in [6.45, 7) is 5.31. The van der Waals surface area contributed by atoms with Gasteiger partial charge >= 0.3 is 5.97 Å². The van der Waals surface area contributed by atoms with Crippen molar-refractivity contribution in [1.82, 2.24) is 0 Å². The molecule has 2 aliphatic rings. The number of benzene rings is 4. The Labute approximate surface area is 319 Å². The lowest BCUT2D eigenvalue weighted by molar-refractivity contribution is -0.141. The van der Waals surface area contributed by atoms with Crippen LogP contribution in [0.2, 0.25) is 0 Å². The van der Waals surface area contributed by atoms with E-state index in [0.717, 1.165) is 46.6 Å². The van der Waals surface area contributed by atoms with Crippen molar-refractivity contribution in [3.8, 4) is 23.0 Å². The molecule has 2 fully saturated rings. The zero-order valence-corrected chi connectivity index (χ0v) is 32.2. The Morgan fingerprint density at radius 3 is 1.54 bits per heavy atom. The predicted molar refractivity (Wildman–Crippen MR) is 208 cm³/mol. The highest BCUT2D eigenvalue weighted by Gasteiger charge is 2.39. The van der Waals surface area contributed by atoms with Crippen LogP contribution < -0.4 is 18.9 Å². The van der Waals surface area contributed by atoms with E-state index in [1.165, 1.54) is 0 Å². The van der Waals surface area contributed by atoms with Gasteiger partial charge in [0.15, 0.2) is 23.0 Å². The number of carbonyl (C=O) groups is 1. The lowest BCUT2D eigenvalue weighted by Crippen LogP contribution is -2.24. The molecule has 2 saturated heterocycles. The van der Waals surface area contributed by atoms with Gasteiger partial charge in [0, 0.05) is 24.0 Å². The van der Waals surface area contributed by atoms with E-state index in [-0.39, 0.29) is 48.5 Å². The third-order valence-electron chi connectivity index (χ3n) is 10.5. The van der Waals surface area contributed by atoms with Crippen molar-refractivity contribution in [2.75, 3.05) is 54.9 Å². The van der Waals surface area contributed by atoms with Crippen molar-refractivity contribution < 1.29 is 43.1 Å². The molecular formula is C45H54O9. The van der Waals surface area contributed by atoms with Crippen LogP contribution in [0.25, 0.3) is 0 Å². The van der Waals surface area contributed by atoms with Crippen LogP contribution in [-0.4, -0.2) is 65.9 Å². The van der Waals surface area contributed by atoms with Crippen molar-refractivity contribution in [3.05, 3.63) is 131 Å². The monoisotopic (exact) mass is 738 g/mol. The largest absolute Gasteiger partial charge is 0.493 e. The summed E-state index contributed by atoms with van der Waals surface area (Å²) in [5, 5.41) is 9.90. The average molecular weight is 739 g/mol. The van der Waals surface area contributed by atoms with Crippen LogP contribution in [0.4, 0.5) is 0 Å². The number of ether oxygens (including phenoxy) is 7. The summed E-state index contributed by atoms with van der Waals surface area (Å²) >= 11 is 0. The van der Waals surface area contributed by atoms with Crippen molar-refractivity contribution in [2.24, 2.45) is 23.7 Å². The maximum Gasteiger partial charge on any atom is 0.333 e. The molecule has 6 rings (SSSR count). The topological polar surface area (TPSA) is 102 Å². The number of hydrogen-bond acceptors (Lipinski definition) is 9. The van der Waals surface area contributed by atoms with Gasteiger partial charge in [0.2, 0.25) is 0 Å². The molecule has 1 N–H and O–H groups in total. The van der Waals surface area contributed by atoms with Crippen LogP contribution in [0, 0.1) is 23.7 Å². The molecule has 0 unspecified atom stereocenters. The molecular weight excluding hydrogens is 684 g/mol. The quantitative estimate of drug-likeness (QED) is 0.102. The van der Waals surface area contributed by atoms with E-state index in [0.29, 0.717) is 36.9 Å². The molecule has 288 valence electrons. The maximum atomic E-state index is 12.2. The zero-order valence-electron chi connectivity index (χ0n) is 32.2. The number of methoxy groups -OCH3 is 4. The van der Waals surface area contributed by atoms with Crippen LogP contribution in [-0.2, 0) is 31.8 Å². The molecule has 0 aliphatic carbocycles. The van der Waals surface area contributed by atoms with Crippen LogP contribution >= 0.6 is 0 Å². The third kappa shape index (κ3) is 10.0. The average Bonchev–Trinajstić information content (AvgIpc) is 3.83. The number of esters is 1. The van der Waals surface area contributed by atoms with Gasteiger partial charge in [0.25, 0.3) is 0 Å². The Kier molecular flexibility index (Phi) is 15.0. The third-order valence-corrected chi connectivity index (χ3v) is 10.5. The fraction of sp³-hybridized carbons (Fsp3) is 0.400. The Hall–Kier alpha value is -4.83. The molecule has 0 spiro atoms. The van der Waals surface area contributed by atoms with Gasteiger partial charge in [0.05, 0.1) is 60.5 Å². The molecule has 9 heteroatoms. The molecule has 0 saturated carbocycles. The Balaban J connectivity index is 0.000000213. The number of allylic oxidation sites excluding steroid dienone is 1. The fourth-order valence-corrected chi connectivity index (χ4v) is 7.33. The van der Waals surface area contributed by atoms with Crippen molar-refractivity contribution >= 4 is 5.97 Å². The van der Waals surface area contributed by atoms with E-state index in [1.54, 1.807) is 41.4 Å². The lowest BCUT2D eigenvalue weighted by atomic mass is 9.84. The summed E-state index contributed by atoms with van der Waals surface area (Å²) in [4.78, 5) is 12.2. The minimum Gasteiger partial charge on any atom is -0.493 e. The standard InChI is InChI=1S/C25H30O5.C20H24O4/c1-5-17(2)25(26)30-16-21-20(15-29-24(21)19-9-7-6-8-10-19)13-18-11-12-22(27-3)23(14-18)28-4;1-22-18-9-8-14(11-19(18)23-2)10-16-13-24-20(17(16)12-21)15-6-4-3-5-7-15/h5-12,14,20-21,24H,13,15-16H2,1-4H3;3-9,11,16-17,20-21H,10,12-13H2,1-2H3/b17-5-;/t20-,21-,24+;16-,17-,20+/m00/s1. The lowest BCUT2D eigenvalue weighted by Gasteiger charge is -2.23. The summed E-state index contributed by atoms with van der Waals surface area (Å²) in [6, 6.07) is 32.2. The second-order valence-corrected chi connectivity index (χ2v) is 13.7. The molecule has 0 radical (unpaired) electrons. The maximum absolute atomic E-state index is 12.2. The first-order chi connectivity index (χ1) is 26.3. The summed E-state index contributed by atoms with van der Waals surface area (Å²) in [6.07, 6.45) is 3.27. The number of aliphatic hydroxyl groups excluding tert-OH is 1. The van der Waals surface area contributed by atoms with Crippen molar-refractivity contribution in [1.29, 1.82) is 0 Å². The van der Waals surface area contributed by atoms with E-state index < -0.39 is 0 Å². The van der Waals surface area contributed by atoms with Gasteiger partial charge in [-0.25, -0.2) is 4.79 Å². The van der Waals surface area contributed by atoms with Crippen LogP contribution in [0.5, 0.6) is 23.0 Å². The smallest absolute Gasteiger partial charge is 0.333 e. The van der Waals surface area contributed by atoms with E-state index >= 15 is 0 Å². The second-order valence-electron chi connectivity index (χ2n) is 13.7. The summed E-state index contributed by atoms with van der Waals surface area (Å²) < 4.78 is 39.3. The zero-order chi connectivity index (χ0) is 38.5. The number of rotatable bonds is 14. The van der Waals surface area contributed by atoms with Crippen LogP contribution in [0.15, 0.2) is 109 Å². The molecule has 0 aromatic heterocycles. The minimum atomic E-state index is -0.277. The second kappa shape index (κ2) is 20.0. The van der Waals surface area contributed by atoms with Crippen LogP contribution in [0.3, 0.4) is 0 Å². The van der Waals surface area contributed by atoms with E-state index in [1.807, 2.05) is 79.7 Å². The normalized spacial score (nSPS) is 22.2. The first-order valence-corrected chi connectivity index (χ1v) is 18.5. The minimum absolute atomic E-state index is 0.0404. The predicted octanol–water partition coefficient (Wildman–Crippen LogP) is 8.00. The highest BCUT2D eigenvalue weighted by molar-refractivity contribution is 5.87. The van der Waals surface area contributed by atoms with Gasteiger partial charge in [-0.1, -0.05) is 78.9 Å². The Morgan fingerprint density at radius 2 is 1.11 bits per heavy atom. The molecule has 2 aliphatic heterocycles. The molecule has 6 atom stereocenters. The molecule has 0 bridgehead atoms. The van der Waals surface area contributed by atoms with Crippen molar-refractivity contribution in [3.63, 3.8) is 0 Å². The van der Waals surface area contributed by atoms with Gasteiger partial charge in [-0.2, -0.15) is 0 Å².